The molecule has 0 saturated carbocycles. The first-order valence-electron chi connectivity index (χ1n) is 12.2. The number of carbonyl (C=O) groups is 2. The van der Waals surface area contributed by atoms with Crippen LogP contribution in [0.2, 0.25) is 0 Å². The first-order valence-corrected chi connectivity index (χ1v) is 14.9. The summed E-state index contributed by atoms with van der Waals surface area (Å²) in [4.78, 5) is 27.2. The van der Waals surface area contributed by atoms with Crippen LogP contribution < -0.4 is 14.9 Å². The predicted molar refractivity (Wildman–Crippen MR) is 157 cm³/mol. The zero-order valence-electron chi connectivity index (χ0n) is 21.8. The smallest absolute Gasteiger partial charge is 0.264 e. The molecule has 1 atom stereocenters. The molecule has 2 N–H and O–H groups in total. The molecular formula is C30H29N3O4S2. The van der Waals surface area contributed by atoms with E-state index in [2.05, 4.69) is 10.6 Å². The van der Waals surface area contributed by atoms with Gasteiger partial charge < -0.3 is 10.6 Å². The molecule has 0 bridgehead atoms. The Hall–Kier alpha value is -4.08. The molecule has 0 radical (unpaired) electrons. The number of hydrogen-bond donors (Lipinski definition) is 2. The first kappa shape index (κ1) is 27.9. The van der Waals surface area contributed by atoms with E-state index < -0.39 is 15.9 Å². The summed E-state index contributed by atoms with van der Waals surface area (Å²) in [5, 5.41) is 5.77. The van der Waals surface area contributed by atoms with E-state index >= 15 is 0 Å². The molecule has 0 aromatic heterocycles. The molecule has 4 aromatic carbocycles. The van der Waals surface area contributed by atoms with Crippen molar-refractivity contribution in [2.45, 2.75) is 22.8 Å². The SMILES string of the molecule is CSc1ccc(S(=O)(=O)N(C)c2ccc(C(=O)Nc3ccccc3C(=O)N[C@@H](C)c3ccccc3)cc2)cc1. The molecule has 4 rings (SSSR count). The molecule has 39 heavy (non-hydrogen) atoms. The quantitative estimate of drug-likeness (QED) is 0.246. The highest BCUT2D eigenvalue weighted by atomic mass is 32.2. The lowest BCUT2D eigenvalue weighted by atomic mass is 10.1. The molecule has 9 heteroatoms. The summed E-state index contributed by atoms with van der Waals surface area (Å²) in [6, 6.07) is 29.1. The zero-order valence-corrected chi connectivity index (χ0v) is 23.4. The number of sulfonamides is 1. The second kappa shape index (κ2) is 12.2. The Morgan fingerprint density at radius 3 is 2.05 bits per heavy atom. The number of nitrogens with zero attached hydrogens (tertiary/aromatic N) is 1. The van der Waals surface area contributed by atoms with Crippen molar-refractivity contribution in [1.29, 1.82) is 0 Å². The van der Waals surface area contributed by atoms with Crippen LogP contribution in [0.15, 0.2) is 113 Å². The summed E-state index contributed by atoms with van der Waals surface area (Å²) in [7, 11) is -2.29. The number of hydrogen-bond acceptors (Lipinski definition) is 5. The molecule has 0 fully saturated rings. The minimum Gasteiger partial charge on any atom is -0.345 e. The van der Waals surface area contributed by atoms with E-state index in [1.807, 2.05) is 43.5 Å². The normalized spacial score (nSPS) is 11.9. The Morgan fingerprint density at radius 1 is 0.795 bits per heavy atom. The van der Waals surface area contributed by atoms with Crippen LogP contribution in [-0.2, 0) is 10.0 Å². The van der Waals surface area contributed by atoms with Gasteiger partial charge in [-0.05, 0) is 79.4 Å². The van der Waals surface area contributed by atoms with Crippen molar-refractivity contribution in [1.82, 2.24) is 5.32 Å². The minimum atomic E-state index is -3.76. The molecule has 0 heterocycles. The van der Waals surface area contributed by atoms with Gasteiger partial charge in [0.1, 0.15) is 0 Å². The van der Waals surface area contributed by atoms with Gasteiger partial charge in [-0.2, -0.15) is 0 Å². The third-order valence-corrected chi connectivity index (χ3v) is 8.82. The van der Waals surface area contributed by atoms with Crippen LogP contribution in [0.25, 0.3) is 0 Å². The Labute approximate surface area is 233 Å². The first-order chi connectivity index (χ1) is 18.7. The van der Waals surface area contributed by atoms with E-state index in [-0.39, 0.29) is 16.8 Å². The highest BCUT2D eigenvalue weighted by molar-refractivity contribution is 7.98. The number of thioether (sulfide) groups is 1. The van der Waals surface area contributed by atoms with Crippen molar-refractivity contribution in [3.8, 4) is 0 Å². The average Bonchev–Trinajstić information content (AvgIpc) is 2.97. The van der Waals surface area contributed by atoms with Crippen LogP contribution in [0.3, 0.4) is 0 Å². The van der Waals surface area contributed by atoms with Crippen molar-refractivity contribution in [3.05, 3.63) is 120 Å². The van der Waals surface area contributed by atoms with Crippen LogP contribution in [0.4, 0.5) is 11.4 Å². The lowest BCUT2D eigenvalue weighted by Crippen LogP contribution is -2.28. The highest BCUT2D eigenvalue weighted by Gasteiger charge is 2.22. The van der Waals surface area contributed by atoms with Crippen LogP contribution in [0.5, 0.6) is 0 Å². The fraction of sp³-hybridized carbons (Fsp3) is 0.133. The van der Waals surface area contributed by atoms with E-state index in [4.69, 9.17) is 0 Å². The molecular weight excluding hydrogens is 530 g/mol. The lowest BCUT2D eigenvalue weighted by Gasteiger charge is -2.20. The van der Waals surface area contributed by atoms with Crippen LogP contribution in [0.1, 0.15) is 39.2 Å². The number of para-hydroxylation sites is 1. The van der Waals surface area contributed by atoms with E-state index in [9.17, 15) is 18.0 Å². The number of amides is 2. The van der Waals surface area contributed by atoms with Gasteiger partial charge in [0.15, 0.2) is 0 Å². The molecule has 0 saturated heterocycles. The van der Waals surface area contributed by atoms with Crippen LogP contribution in [0, 0.1) is 0 Å². The van der Waals surface area contributed by atoms with Gasteiger partial charge in [0.25, 0.3) is 21.8 Å². The monoisotopic (exact) mass is 559 g/mol. The third kappa shape index (κ3) is 6.50. The van der Waals surface area contributed by atoms with Gasteiger partial charge >= 0.3 is 0 Å². The zero-order chi connectivity index (χ0) is 28.0. The van der Waals surface area contributed by atoms with Gasteiger partial charge in [0, 0.05) is 17.5 Å². The second-order valence-electron chi connectivity index (χ2n) is 8.80. The highest BCUT2D eigenvalue weighted by Crippen LogP contribution is 2.25. The molecule has 2 amide bonds. The number of carbonyl (C=O) groups excluding carboxylic acids is 2. The van der Waals surface area contributed by atoms with E-state index in [0.717, 1.165) is 10.5 Å². The summed E-state index contributed by atoms with van der Waals surface area (Å²) in [5.41, 5.74) is 2.41. The fourth-order valence-electron chi connectivity index (χ4n) is 3.95. The Bertz CT molecular complexity index is 1560. The van der Waals surface area contributed by atoms with Gasteiger partial charge in [0.2, 0.25) is 0 Å². The van der Waals surface area contributed by atoms with E-state index in [1.54, 1.807) is 72.8 Å². The third-order valence-electron chi connectivity index (χ3n) is 6.28. The Morgan fingerprint density at radius 2 is 1.41 bits per heavy atom. The summed E-state index contributed by atoms with van der Waals surface area (Å²) >= 11 is 1.53. The van der Waals surface area contributed by atoms with E-state index in [0.29, 0.717) is 22.5 Å². The van der Waals surface area contributed by atoms with Crippen molar-refractivity contribution in [2.24, 2.45) is 0 Å². The second-order valence-corrected chi connectivity index (χ2v) is 11.6. The van der Waals surface area contributed by atoms with Gasteiger partial charge in [-0.15, -0.1) is 11.8 Å². The number of nitrogens with one attached hydrogen (secondary N) is 2. The molecule has 0 spiro atoms. The standard InChI is InChI=1S/C30H29N3O4S2/c1-21(22-9-5-4-6-10-22)31-30(35)27-11-7-8-12-28(27)32-29(34)23-13-15-24(16-14-23)33(2)39(36,37)26-19-17-25(38-3)18-20-26/h4-21H,1-3H3,(H,31,35)(H,32,34)/t21-/m0/s1. The van der Waals surface area contributed by atoms with Crippen molar-refractivity contribution >= 4 is 45.0 Å². The largest absolute Gasteiger partial charge is 0.345 e. The summed E-state index contributed by atoms with van der Waals surface area (Å²) in [6.45, 7) is 1.90. The van der Waals surface area contributed by atoms with Crippen LogP contribution >= 0.6 is 11.8 Å². The molecule has 0 aliphatic heterocycles. The predicted octanol–water partition coefficient (Wildman–Crippen LogP) is 5.98. The van der Waals surface area contributed by atoms with Crippen molar-refractivity contribution in [3.63, 3.8) is 0 Å². The van der Waals surface area contributed by atoms with Gasteiger partial charge in [-0.3, -0.25) is 13.9 Å². The lowest BCUT2D eigenvalue weighted by molar-refractivity contribution is 0.0940. The summed E-state index contributed by atoms with van der Waals surface area (Å²) in [5.74, 6) is -0.730. The molecule has 200 valence electrons. The molecule has 4 aromatic rings. The van der Waals surface area contributed by atoms with Gasteiger partial charge in [-0.1, -0.05) is 42.5 Å². The molecule has 0 aliphatic rings. The fourth-order valence-corrected chi connectivity index (χ4v) is 5.56. The minimum absolute atomic E-state index is 0.182. The molecule has 0 aliphatic carbocycles. The number of benzene rings is 4. The average molecular weight is 560 g/mol. The molecule has 7 nitrogen and oxygen atoms in total. The topological polar surface area (TPSA) is 95.6 Å². The van der Waals surface area contributed by atoms with Crippen molar-refractivity contribution < 1.29 is 18.0 Å². The van der Waals surface area contributed by atoms with Crippen molar-refractivity contribution in [2.75, 3.05) is 22.9 Å². The Balaban J connectivity index is 1.46. The van der Waals surface area contributed by atoms with Crippen LogP contribution in [-0.4, -0.2) is 33.5 Å². The maximum atomic E-state index is 13.1. The maximum absolute atomic E-state index is 13.1. The number of anilines is 2. The van der Waals surface area contributed by atoms with Gasteiger partial charge in [0.05, 0.1) is 27.9 Å². The van der Waals surface area contributed by atoms with E-state index in [1.165, 1.54) is 23.1 Å². The number of rotatable bonds is 9. The summed E-state index contributed by atoms with van der Waals surface area (Å²) in [6.07, 6.45) is 1.92. The Kier molecular flexibility index (Phi) is 8.73. The molecule has 0 unspecified atom stereocenters. The summed E-state index contributed by atoms with van der Waals surface area (Å²) < 4.78 is 27.3. The van der Waals surface area contributed by atoms with Gasteiger partial charge in [-0.25, -0.2) is 8.42 Å². The maximum Gasteiger partial charge on any atom is 0.264 e.